The van der Waals surface area contributed by atoms with Gasteiger partial charge in [-0.25, -0.2) is 15.1 Å². The van der Waals surface area contributed by atoms with Gasteiger partial charge >= 0.3 is 16.5 Å². The Labute approximate surface area is 198 Å². The maximum atomic E-state index is 13.4. The Balaban J connectivity index is 1.53. The van der Waals surface area contributed by atoms with Crippen molar-refractivity contribution in [1.29, 1.82) is 0 Å². The lowest BCUT2D eigenvalue weighted by atomic mass is 10.1. The Kier molecular flexibility index (Phi) is 6.75. The van der Waals surface area contributed by atoms with E-state index in [-0.39, 0.29) is 29.8 Å². The average molecular weight is 520 g/mol. The van der Waals surface area contributed by atoms with E-state index in [9.17, 15) is 26.7 Å². The van der Waals surface area contributed by atoms with Gasteiger partial charge in [-0.3, -0.25) is 4.18 Å². The first kappa shape index (κ1) is 24.7. The molecule has 1 aromatic carbocycles. The van der Waals surface area contributed by atoms with E-state index in [4.69, 9.17) is 16.7 Å². The van der Waals surface area contributed by atoms with Gasteiger partial charge in [0.1, 0.15) is 17.8 Å². The van der Waals surface area contributed by atoms with Crippen LogP contribution in [0.5, 0.6) is 0 Å². The molecule has 1 saturated carbocycles. The van der Waals surface area contributed by atoms with Gasteiger partial charge in [-0.15, -0.1) is 0 Å². The molecule has 34 heavy (non-hydrogen) atoms. The SMILES string of the molecule is NS(=O)(=O)OC[C@@H]1C[C@@H](n2ccc3c(NCc4ccc(Cl)cc4C(F)(F)F)ncnc32)C[C@@H]1O. The maximum Gasteiger partial charge on any atom is 0.416 e. The third-order valence-electron chi connectivity index (χ3n) is 5.81. The van der Waals surface area contributed by atoms with Gasteiger partial charge in [-0.1, -0.05) is 17.7 Å². The molecule has 9 nitrogen and oxygen atoms in total. The van der Waals surface area contributed by atoms with Crippen LogP contribution in [0, 0.1) is 5.92 Å². The van der Waals surface area contributed by atoms with Gasteiger partial charge in [0.25, 0.3) is 0 Å². The minimum absolute atomic E-state index is 0.0101. The maximum absolute atomic E-state index is 13.4. The van der Waals surface area contributed by atoms with Gasteiger partial charge < -0.3 is 15.0 Å². The third kappa shape index (κ3) is 5.44. The number of nitrogens with two attached hydrogens (primary N) is 1. The smallest absolute Gasteiger partial charge is 0.393 e. The number of halogens is 4. The highest BCUT2D eigenvalue weighted by atomic mass is 35.5. The van der Waals surface area contributed by atoms with Crippen LogP contribution in [0.15, 0.2) is 36.8 Å². The largest absolute Gasteiger partial charge is 0.416 e. The van der Waals surface area contributed by atoms with E-state index in [2.05, 4.69) is 19.5 Å². The Bertz CT molecular complexity index is 1300. The van der Waals surface area contributed by atoms with Crippen molar-refractivity contribution >= 4 is 38.8 Å². The van der Waals surface area contributed by atoms with Gasteiger partial charge in [0.15, 0.2) is 0 Å². The molecule has 0 amide bonds. The van der Waals surface area contributed by atoms with E-state index >= 15 is 0 Å². The van der Waals surface area contributed by atoms with E-state index in [1.54, 1.807) is 12.3 Å². The van der Waals surface area contributed by atoms with Crippen molar-refractivity contribution in [3.8, 4) is 0 Å². The lowest BCUT2D eigenvalue weighted by Crippen LogP contribution is -2.24. The molecule has 184 valence electrons. The molecule has 1 aliphatic carbocycles. The number of nitrogens with one attached hydrogen (secondary N) is 1. The lowest BCUT2D eigenvalue weighted by Gasteiger charge is -2.15. The van der Waals surface area contributed by atoms with Crippen LogP contribution in [0.1, 0.15) is 30.0 Å². The lowest BCUT2D eigenvalue weighted by molar-refractivity contribution is -0.138. The summed E-state index contributed by atoms with van der Waals surface area (Å²) in [7, 11) is -4.12. The minimum atomic E-state index is -4.56. The second kappa shape index (κ2) is 9.30. The first-order chi connectivity index (χ1) is 15.9. The Hall–Kier alpha value is -2.45. The molecule has 4 rings (SSSR count). The van der Waals surface area contributed by atoms with Crippen LogP contribution in [0.2, 0.25) is 5.02 Å². The number of aliphatic hydroxyl groups is 1. The fourth-order valence-corrected chi connectivity index (χ4v) is 4.75. The van der Waals surface area contributed by atoms with Gasteiger partial charge in [-0.05, 0) is 36.6 Å². The number of hydrogen-bond acceptors (Lipinski definition) is 7. The van der Waals surface area contributed by atoms with Crippen molar-refractivity contribution in [3.05, 3.63) is 52.9 Å². The van der Waals surface area contributed by atoms with Gasteiger partial charge in [-0.2, -0.15) is 21.6 Å². The van der Waals surface area contributed by atoms with E-state index < -0.39 is 34.1 Å². The molecule has 14 heteroatoms. The summed E-state index contributed by atoms with van der Waals surface area (Å²) >= 11 is 5.74. The summed E-state index contributed by atoms with van der Waals surface area (Å²) in [5.41, 5.74) is -0.294. The number of fused-ring (bicyclic) bond motifs is 1. The zero-order valence-corrected chi connectivity index (χ0v) is 19.1. The summed E-state index contributed by atoms with van der Waals surface area (Å²) in [5, 5.41) is 18.7. The summed E-state index contributed by atoms with van der Waals surface area (Å²) in [6.45, 7) is -0.376. The van der Waals surface area contributed by atoms with E-state index in [1.807, 2.05) is 4.57 Å². The van der Waals surface area contributed by atoms with Crippen molar-refractivity contribution < 1.29 is 30.9 Å². The van der Waals surface area contributed by atoms with Gasteiger partial charge in [0, 0.05) is 29.7 Å². The molecular weight excluding hydrogens is 499 g/mol. The predicted octanol–water partition coefficient (Wildman–Crippen LogP) is 3.25. The van der Waals surface area contributed by atoms with E-state index in [0.29, 0.717) is 29.7 Å². The fourth-order valence-electron chi connectivity index (χ4n) is 4.21. The number of hydrogen-bond donors (Lipinski definition) is 3. The van der Waals surface area contributed by atoms with Crippen molar-refractivity contribution in [2.45, 2.75) is 37.7 Å². The molecule has 1 aliphatic rings. The number of aliphatic hydroxyl groups excluding tert-OH is 1. The zero-order valence-electron chi connectivity index (χ0n) is 17.5. The predicted molar refractivity (Wildman–Crippen MR) is 118 cm³/mol. The summed E-state index contributed by atoms with van der Waals surface area (Å²) in [6, 6.07) is 5.11. The summed E-state index contributed by atoms with van der Waals surface area (Å²) < 4.78 is 68.7. The van der Waals surface area contributed by atoms with Crippen LogP contribution in [0.25, 0.3) is 11.0 Å². The summed E-state index contributed by atoms with van der Waals surface area (Å²) in [4.78, 5) is 8.46. The average Bonchev–Trinajstić information content (AvgIpc) is 3.33. The van der Waals surface area contributed by atoms with E-state index in [1.165, 1.54) is 18.5 Å². The Morgan fingerprint density at radius 2 is 2.03 bits per heavy atom. The molecule has 3 atom stereocenters. The molecule has 2 heterocycles. The molecule has 1 fully saturated rings. The highest BCUT2D eigenvalue weighted by Crippen LogP contribution is 2.38. The van der Waals surface area contributed by atoms with Crippen molar-refractivity contribution in [2.75, 3.05) is 11.9 Å². The van der Waals surface area contributed by atoms with E-state index in [0.717, 1.165) is 6.07 Å². The monoisotopic (exact) mass is 519 g/mol. The van der Waals surface area contributed by atoms with Crippen LogP contribution in [-0.2, 0) is 27.2 Å². The van der Waals surface area contributed by atoms with Crippen LogP contribution >= 0.6 is 11.6 Å². The van der Waals surface area contributed by atoms with Crippen LogP contribution in [0.4, 0.5) is 19.0 Å². The number of anilines is 1. The summed E-state index contributed by atoms with van der Waals surface area (Å²) in [5.74, 6) is -0.0922. The first-order valence-electron chi connectivity index (χ1n) is 10.2. The standard InChI is InChI=1S/C20H21ClF3N5O4S/c21-13-2-1-11(16(6-13)20(22,23)24)8-26-18-15-3-4-29(19(15)28-10-27-18)14-5-12(17(30)7-14)9-33-34(25,31)32/h1-4,6,10,12,14,17,30H,5,7-9H2,(H2,25,31,32)(H,26,27,28)/t12-,14+,17-/m0/s1. The molecule has 0 aliphatic heterocycles. The molecule has 4 N–H and O–H groups in total. The zero-order chi connectivity index (χ0) is 24.7. The second-order valence-electron chi connectivity index (χ2n) is 8.07. The molecule has 3 aromatic rings. The number of alkyl halides is 3. The number of aromatic nitrogens is 3. The van der Waals surface area contributed by atoms with Gasteiger partial charge in [0.05, 0.1) is 23.7 Å². The normalized spacial score (nSPS) is 21.3. The Morgan fingerprint density at radius 1 is 1.26 bits per heavy atom. The highest BCUT2D eigenvalue weighted by molar-refractivity contribution is 7.84. The molecular formula is C20H21ClF3N5O4S. The highest BCUT2D eigenvalue weighted by Gasteiger charge is 2.36. The number of benzene rings is 1. The second-order valence-corrected chi connectivity index (χ2v) is 9.72. The van der Waals surface area contributed by atoms with Gasteiger partial charge in [0.2, 0.25) is 0 Å². The molecule has 2 aromatic heterocycles. The summed E-state index contributed by atoms with van der Waals surface area (Å²) in [6.07, 6.45) is -1.55. The molecule has 0 saturated heterocycles. The third-order valence-corrected chi connectivity index (χ3v) is 6.50. The van der Waals surface area contributed by atoms with Crippen molar-refractivity contribution in [2.24, 2.45) is 11.1 Å². The minimum Gasteiger partial charge on any atom is -0.393 e. The number of nitrogens with zero attached hydrogens (tertiary/aromatic N) is 3. The van der Waals surface area contributed by atoms with Crippen molar-refractivity contribution in [1.82, 2.24) is 14.5 Å². The molecule has 0 spiro atoms. The molecule has 0 bridgehead atoms. The molecule has 0 radical (unpaired) electrons. The topological polar surface area (TPSA) is 132 Å². The quantitative estimate of drug-likeness (QED) is 0.436. The van der Waals surface area contributed by atoms with Crippen LogP contribution in [-0.4, -0.2) is 40.8 Å². The molecule has 0 unspecified atom stereocenters. The number of rotatable bonds is 7. The fraction of sp³-hybridized carbons (Fsp3) is 0.400. The van der Waals surface area contributed by atoms with Crippen molar-refractivity contribution in [3.63, 3.8) is 0 Å². The first-order valence-corrected chi connectivity index (χ1v) is 12.0. The van der Waals surface area contributed by atoms with Crippen LogP contribution < -0.4 is 10.5 Å². The Morgan fingerprint density at radius 3 is 2.74 bits per heavy atom. The van der Waals surface area contributed by atoms with Crippen LogP contribution in [0.3, 0.4) is 0 Å².